The van der Waals surface area contributed by atoms with E-state index in [1.807, 2.05) is 6.92 Å². The molecule has 4 N–H and O–H groups in total. The van der Waals surface area contributed by atoms with E-state index in [9.17, 15) is 33.6 Å². The molecule has 13 heteroatoms. The Morgan fingerprint density at radius 1 is 1.16 bits per heavy atom. The van der Waals surface area contributed by atoms with E-state index in [4.69, 9.17) is 4.74 Å². The largest absolute Gasteiger partial charge is 0.394 e. The summed E-state index contributed by atoms with van der Waals surface area (Å²) in [6.45, 7) is 4.48. The van der Waals surface area contributed by atoms with E-state index in [1.165, 1.54) is 6.20 Å². The van der Waals surface area contributed by atoms with Crippen molar-refractivity contribution in [1.82, 2.24) is 20.0 Å². The molecule has 0 bridgehead atoms. The molecule has 1 aromatic carbocycles. The molecular formula is C24H27F3N4O5S. The maximum atomic E-state index is 13.7. The first-order chi connectivity index (χ1) is 17.4. The van der Waals surface area contributed by atoms with Gasteiger partial charge >= 0.3 is 0 Å². The summed E-state index contributed by atoms with van der Waals surface area (Å²) in [6, 6.07) is 2.11. The molecule has 0 spiro atoms. The van der Waals surface area contributed by atoms with Crippen LogP contribution >= 0.6 is 11.8 Å². The molecule has 9 nitrogen and oxygen atoms in total. The Balaban J connectivity index is 1.67. The highest BCUT2D eigenvalue weighted by atomic mass is 32.2. The molecule has 0 unspecified atom stereocenters. The maximum absolute atomic E-state index is 13.7. The fraction of sp³-hybridized carbons (Fsp3) is 0.458. The predicted octanol–water partition coefficient (Wildman–Crippen LogP) is 2.29. The number of ether oxygens (including phenoxy) is 1. The van der Waals surface area contributed by atoms with Crippen LogP contribution in [0.25, 0.3) is 11.3 Å². The number of nitrogens with zero attached hydrogens (tertiary/aromatic N) is 4. The number of thioether (sulfide) groups is 1. The molecular weight excluding hydrogens is 513 g/mol. The standard InChI is InChI=1S/C24H27F3N4O5S/c1-11-4-5-28-8-13(11)22(24(2,3)35)37-23-21(34)19(20(33)17(10-32)36-23)31-9-16(29-30-31)12-6-14(25)18(27)15(26)7-12/h4-9,17,19-23,32-35H,10H2,1-3H3/t17-,19+,20+,21-,22-,23+/m1/s1. The zero-order valence-corrected chi connectivity index (χ0v) is 21.0. The number of hydrogen-bond donors (Lipinski definition) is 4. The Labute approximate surface area is 214 Å². The van der Waals surface area contributed by atoms with Gasteiger partial charge in [0.2, 0.25) is 0 Å². The molecule has 3 heterocycles. The third-order valence-corrected chi connectivity index (χ3v) is 7.98. The summed E-state index contributed by atoms with van der Waals surface area (Å²) in [5.41, 5.74) is -0.891. The van der Waals surface area contributed by atoms with Crippen LogP contribution in [-0.4, -0.2) is 76.4 Å². The quantitative estimate of drug-likeness (QED) is 0.333. The Kier molecular flexibility index (Phi) is 7.93. The van der Waals surface area contributed by atoms with Gasteiger partial charge in [-0.15, -0.1) is 16.9 Å². The second-order valence-corrected chi connectivity index (χ2v) is 10.6. The fourth-order valence-electron chi connectivity index (χ4n) is 4.26. The van der Waals surface area contributed by atoms with Crippen LogP contribution in [0.5, 0.6) is 0 Å². The average Bonchev–Trinajstić information content (AvgIpc) is 3.31. The summed E-state index contributed by atoms with van der Waals surface area (Å²) in [5.74, 6) is -4.44. The van der Waals surface area contributed by atoms with E-state index in [1.54, 1.807) is 32.3 Å². The zero-order chi connectivity index (χ0) is 27.1. The highest BCUT2D eigenvalue weighted by molar-refractivity contribution is 8.00. The van der Waals surface area contributed by atoms with Crippen molar-refractivity contribution >= 4 is 11.8 Å². The minimum atomic E-state index is -1.62. The Bertz CT molecular complexity index is 1230. The molecule has 0 aliphatic carbocycles. The van der Waals surface area contributed by atoms with E-state index in [0.29, 0.717) is 5.56 Å². The van der Waals surface area contributed by atoms with Crippen LogP contribution in [0.2, 0.25) is 0 Å². The Morgan fingerprint density at radius 2 is 1.84 bits per heavy atom. The number of benzene rings is 1. The van der Waals surface area contributed by atoms with Crippen LogP contribution in [0, 0.1) is 24.4 Å². The van der Waals surface area contributed by atoms with Gasteiger partial charge in [0.25, 0.3) is 0 Å². The summed E-state index contributed by atoms with van der Waals surface area (Å²) in [7, 11) is 0. The van der Waals surface area contributed by atoms with Gasteiger partial charge in [-0.3, -0.25) is 4.98 Å². The molecule has 4 rings (SSSR count). The van der Waals surface area contributed by atoms with Crippen LogP contribution in [0.4, 0.5) is 13.2 Å². The number of rotatable bonds is 7. The number of aromatic nitrogens is 4. The summed E-state index contributed by atoms with van der Waals surface area (Å²) >= 11 is 1.09. The minimum absolute atomic E-state index is 0.0335. The van der Waals surface area contributed by atoms with Gasteiger partial charge < -0.3 is 25.2 Å². The van der Waals surface area contributed by atoms with Gasteiger partial charge in [-0.05, 0) is 50.1 Å². The van der Waals surface area contributed by atoms with E-state index < -0.39 is 64.7 Å². The number of aryl methyl sites for hydroxylation is 1. The van der Waals surface area contributed by atoms with Crippen molar-refractivity contribution < 1.29 is 38.3 Å². The third-order valence-electron chi connectivity index (χ3n) is 6.22. The molecule has 200 valence electrons. The van der Waals surface area contributed by atoms with Crippen LogP contribution in [-0.2, 0) is 4.74 Å². The van der Waals surface area contributed by atoms with Gasteiger partial charge in [0.15, 0.2) is 17.5 Å². The Morgan fingerprint density at radius 3 is 2.43 bits per heavy atom. The highest BCUT2D eigenvalue weighted by Crippen LogP contribution is 2.46. The molecule has 1 fully saturated rings. The monoisotopic (exact) mass is 540 g/mol. The lowest BCUT2D eigenvalue weighted by Crippen LogP contribution is -2.55. The van der Waals surface area contributed by atoms with Crippen LogP contribution < -0.4 is 0 Å². The van der Waals surface area contributed by atoms with Crippen molar-refractivity contribution in [2.45, 2.75) is 61.4 Å². The van der Waals surface area contributed by atoms with Crippen LogP contribution in [0.15, 0.2) is 36.8 Å². The number of hydrogen-bond acceptors (Lipinski definition) is 9. The van der Waals surface area contributed by atoms with Crippen molar-refractivity contribution in [1.29, 1.82) is 0 Å². The van der Waals surface area contributed by atoms with Gasteiger partial charge in [0, 0.05) is 18.0 Å². The lowest BCUT2D eigenvalue weighted by molar-refractivity contribution is -0.179. The molecule has 1 aliphatic heterocycles. The van der Waals surface area contributed by atoms with Crippen LogP contribution in [0.1, 0.15) is 36.3 Å². The summed E-state index contributed by atoms with van der Waals surface area (Å²) in [6.07, 6.45) is 0.488. The number of aliphatic hydroxyl groups is 4. The number of aliphatic hydroxyl groups excluding tert-OH is 3. The fourth-order valence-corrected chi connectivity index (χ4v) is 5.78. The molecule has 0 radical (unpaired) electrons. The second-order valence-electron chi connectivity index (χ2n) is 9.44. The molecule has 3 aromatic rings. The van der Waals surface area contributed by atoms with Crippen molar-refractivity contribution in [3.63, 3.8) is 0 Å². The Hall–Kier alpha value is -2.55. The normalized spacial score (nSPS) is 25.3. The lowest BCUT2D eigenvalue weighted by atomic mass is 9.96. The second kappa shape index (κ2) is 10.7. The summed E-state index contributed by atoms with van der Waals surface area (Å²) < 4.78 is 47.7. The van der Waals surface area contributed by atoms with Crippen molar-refractivity contribution in [3.8, 4) is 11.3 Å². The number of halogens is 3. The SMILES string of the molecule is Cc1ccncc1[C@@H](S[C@@H]1O[C@H](CO)[C@H](O)[C@H](n2cc(-c3cc(F)c(F)c(F)c3)nn2)[C@H]1O)C(C)(C)O. The topological polar surface area (TPSA) is 134 Å². The highest BCUT2D eigenvalue weighted by Gasteiger charge is 2.48. The van der Waals surface area contributed by atoms with Crippen molar-refractivity contribution in [2.75, 3.05) is 6.61 Å². The zero-order valence-electron chi connectivity index (χ0n) is 20.2. The van der Waals surface area contributed by atoms with E-state index >= 15 is 0 Å². The van der Waals surface area contributed by atoms with Gasteiger partial charge in [-0.1, -0.05) is 5.21 Å². The first-order valence-corrected chi connectivity index (χ1v) is 12.3. The van der Waals surface area contributed by atoms with E-state index in [0.717, 1.165) is 34.1 Å². The van der Waals surface area contributed by atoms with E-state index in [2.05, 4.69) is 15.3 Å². The molecule has 1 saturated heterocycles. The van der Waals surface area contributed by atoms with Gasteiger partial charge in [0.1, 0.15) is 35.5 Å². The van der Waals surface area contributed by atoms with Crippen molar-refractivity contribution in [3.05, 3.63) is 65.4 Å². The van der Waals surface area contributed by atoms with E-state index in [-0.39, 0.29) is 11.3 Å². The molecule has 1 aliphatic rings. The molecule has 0 amide bonds. The van der Waals surface area contributed by atoms with Gasteiger partial charge in [-0.2, -0.15) is 0 Å². The number of pyridine rings is 1. The predicted molar refractivity (Wildman–Crippen MR) is 128 cm³/mol. The maximum Gasteiger partial charge on any atom is 0.194 e. The molecule has 37 heavy (non-hydrogen) atoms. The first kappa shape index (κ1) is 27.5. The third kappa shape index (κ3) is 5.52. The van der Waals surface area contributed by atoms with Gasteiger partial charge in [0.05, 0.1) is 23.7 Å². The summed E-state index contributed by atoms with van der Waals surface area (Å²) in [5, 5.41) is 50.0. The average molecular weight is 541 g/mol. The molecule has 6 atom stereocenters. The molecule has 2 aromatic heterocycles. The van der Waals surface area contributed by atoms with Crippen molar-refractivity contribution in [2.24, 2.45) is 0 Å². The smallest absolute Gasteiger partial charge is 0.194 e. The van der Waals surface area contributed by atoms with Crippen LogP contribution in [0.3, 0.4) is 0 Å². The van der Waals surface area contributed by atoms with Gasteiger partial charge in [-0.25, -0.2) is 17.9 Å². The molecule has 0 saturated carbocycles. The minimum Gasteiger partial charge on any atom is -0.394 e. The first-order valence-electron chi connectivity index (χ1n) is 11.4. The lowest BCUT2D eigenvalue weighted by Gasteiger charge is -2.44. The summed E-state index contributed by atoms with van der Waals surface area (Å²) in [4.78, 5) is 4.14.